The predicted octanol–water partition coefficient (Wildman–Crippen LogP) is 4.40. The number of benzene rings is 1. The lowest BCUT2D eigenvalue weighted by atomic mass is 10.2. The fraction of sp³-hybridized carbons (Fsp3) is 0.200. The third kappa shape index (κ3) is 4.65. The average Bonchev–Trinajstić information content (AvgIpc) is 2.44. The van der Waals surface area contributed by atoms with Crippen LogP contribution in [0.4, 0.5) is 0 Å². The second kappa shape index (κ2) is 7.45. The van der Waals surface area contributed by atoms with Crippen LogP contribution in [0, 0.1) is 6.92 Å². The summed E-state index contributed by atoms with van der Waals surface area (Å²) in [6.45, 7) is 6.01. The van der Waals surface area contributed by atoms with Gasteiger partial charge in [0.25, 0.3) is 0 Å². The standard InChI is InChI=1S/C15H15BrN2OS/c1-3-8-19-14-9-11(2)17-15(18-14)20-10-12-4-6-13(16)7-5-12/h3-7,9H,1,8,10H2,2H3. The number of hydrogen-bond donors (Lipinski definition) is 0. The van der Waals surface area contributed by atoms with Crippen LogP contribution in [-0.4, -0.2) is 16.6 Å². The van der Waals surface area contributed by atoms with Gasteiger partial charge in [-0.25, -0.2) is 4.98 Å². The number of aromatic nitrogens is 2. The first-order valence-electron chi connectivity index (χ1n) is 6.14. The Morgan fingerprint density at radius 3 is 2.75 bits per heavy atom. The highest BCUT2D eigenvalue weighted by molar-refractivity contribution is 9.10. The van der Waals surface area contributed by atoms with Gasteiger partial charge in [0.2, 0.25) is 5.88 Å². The molecule has 0 bridgehead atoms. The summed E-state index contributed by atoms with van der Waals surface area (Å²) in [4.78, 5) is 8.79. The number of rotatable bonds is 6. The summed E-state index contributed by atoms with van der Waals surface area (Å²) in [5, 5.41) is 0.729. The molecule has 1 aromatic carbocycles. The molecule has 0 fully saturated rings. The first kappa shape index (κ1) is 15.1. The predicted molar refractivity (Wildman–Crippen MR) is 86.2 cm³/mol. The number of nitrogens with zero attached hydrogens (tertiary/aromatic N) is 2. The van der Waals surface area contributed by atoms with Crippen LogP contribution in [0.3, 0.4) is 0 Å². The van der Waals surface area contributed by atoms with E-state index in [0.29, 0.717) is 12.5 Å². The van der Waals surface area contributed by atoms with Crippen LogP contribution in [0.5, 0.6) is 5.88 Å². The van der Waals surface area contributed by atoms with Crippen LogP contribution < -0.4 is 4.74 Å². The molecule has 0 saturated heterocycles. The molecule has 104 valence electrons. The highest BCUT2D eigenvalue weighted by Crippen LogP contribution is 2.23. The molecule has 2 aromatic rings. The fourth-order valence-corrected chi connectivity index (χ4v) is 2.64. The van der Waals surface area contributed by atoms with Crippen LogP contribution in [0.2, 0.25) is 0 Å². The van der Waals surface area contributed by atoms with Crippen molar-refractivity contribution in [3.05, 3.63) is 58.7 Å². The van der Waals surface area contributed by atoms with Gasteiger partial charge < -0.3 is 4.74 Å². The Kier molecular flexibility index (Phi) is 5.61. The zero-order valence-electron chi connectivity index (χ0n) is 11.2. The molecule has 0 unspecified atom stereocenters. The van der Waals surface area contributed by atoms with Crippen LogP contribution in [0.25, 0.3) is 0 Å². The van der Waals surface area contributed by atoms with E-state index in [1.54, 1.807) is 17.8 Å². The van der Waals surface area contributed by atoms with E-state index in [1.807, 2.05) is 25.1 Å². The molecule has 0 aliphatic heterocycles. The summed E-state index contributed by atoms with van der Waals surface area (Å²) in [6, 6.07) is 10.1. The van der Waals surface area contributed by atoms with Crippen molar-refractivity contribution >= 4 is 27.7 Å². The molecule has 20 heavy (non-hydrogen) atoms. The molecule has 2 rings (SSSR count). The first-order chi connectivity index (χ1) is 9.67. The van der Waals surface area contributed by atoms with Gasteiger partial charge >= 0.3 is 0 Å². The van der Waals surface area contributed by atoms with E-state index in [-0.39, 0.29) is 0 Å². The van der Waals surface area contributed by atoms with Gasteiger partial charge in [0.1, 0.15) is 6.61 Å². The minimum absolute atomic E-state index is 0.452. The van der Waals surface area contributed by atoms with Gasteiger partial charge in [-0.3, -0.25) is 0 Å². The maximum atomic E-state index is 5.46. The van der Waals surface area contributed by atoms with Crippen LogP contribution in [0.1, 0.15) is 11.3 Å². The van der Waals surface area contributed by atoms with E-state index < -0.39 is 0 Å². The van der Waals surface area contributed by atoms with E-state index in [2.05, 4.69) is 44.6 Å². The quantitative estimate of drug-likeness (QED) is 0.439. The highest BCUT2D eigenvalue weighted by atomic mass is 79.9. The maximum Gasteiger partial charge on any atom is 0.217 e. The number of thioether (sulfide) groups is 1. The third-order valence-corrected chi connectivity index (χ3v) is 3.89. The van der Waals surface area contributed by atoms with Gasteiger partial charge in [-0.05, 0) is 24.6 Å². The van der Waals surface area contributed by atoms with E-state index in [0.717, 1.165) is 21.1 Å². The largest absolute Gasteiger partial charge is 0.473 e. The summed E-state index contributed by atoms with van der Waals surface area (Å²) in [7, 11) is 0. The van der Waals surface area contributed by atoms with Gasteiger partial charge in [-0.1, -0.05) is 52.5 Å². The molecule has 0 N–H and O–H groups in total. The second-order valence-electron chi connectivity index (χ2n) is 4.14. The zero-order valence-corrected chi connectivity index (χ0v) is 13.6. The van der Waals surface area contributed by atoms with Gasteiger partial charge in [-0.2, -0.15) is 4.98 Å². The van der Waals surface area contributed by atoms with Crippen molar-refractivity contribution in [1.82, 2.24) is 9.97 Å². The summed E-state index contributed by atoms with van der Waals surface area (Å²) < 4.78 is 6.54. The molecule has 0 radical (unpaired) electrons. The summed E-state index contributed by atoms with van der Waals surface area (Å²) in [5.74, 6) is 1.42. The molecule has 0 aliphatic rings. The summed E-state index contributed by atoms with van der Waals surface area (Å²) >= 11 is 5.03. The molecule has 3 nitrogen and oxygen atoms in total. The summed E-state index contributed by atoms with van der Waals surface area (Å²) in [5.41, 5.74) is 2.13. The van der Waals surface area contributed by atoms with Crippen molar-refractivity contribution in [1.29, 1.82) is 0 Å². The lowest BCUT2D eigenvalue weighted by Gasteiger charge is -2.06. The molecule has 0 saturated carbocycles. The van der Waals surface area contributed by atoms with E-state index in [4.69, 9.17) is 4.74 Å². The van der Waals surface area contributed by atoms with Crippen LogP contribution in [-0.2, 0) is 5.75 Å². The number of halogens is 1. The molecule has 5 heteroatoms. The zero-order chi connectivity index (χ0) is 14.4. The lowest BCUT2D eigenvalue weighted by molar-refractivity contribution is 0.344. The van der Waals surface area contributed by atoms with Gasteiger partial charge in [0.15, 0.2) is 5.16 Å². The number of hydrogen-bond acceptors (Lipinski definition) is 4. The average molecular weight is 351 g/mol. The molecule has 0 amide bonds. The smallest absolute Gasteiger partial charge is 0.217 e. The van der Waals surface area contributed by atoms with E-state index >= 15 is 0 Å². The SMILES string of the molecule is C=CCOc1cc(C)nc(SCc2ccc(Br)cc2)n1. The van der Waals surface area contributed by atoms with Gasteiger partial charge in [0, 0.05) is 22.0 Å². The molecule has 1 heterocycles. The van der Waals surface area contributed by atoms with Crippen molar-refractivity contribution < 1.29 is 4.74 Å². The Bertz CT molecular complexity index is 587. The topological polar surface area (TPSA) is 35.0 Å². The monoisotopic (exact) mass is 350 g/mol. The van der Waals surface area contributed by atoms with Crippen molar-refractivity contribution in [2.45, 2.75) is 17.8 Å². The third-order valence-electron chi connectivity index (χ3n) is 2.44. The molecule has 0 spiro atoms. The molecule has 1 aromatic heterocycles. The fourth-order valence-electron chi connectivity index (χ4n) is 1.52. The van der Waals surface area contributed by atoms with Gasteiger partial charge in [0.05, 0.1) is 0 Å². The molecule has 0 aliphatic carbocycles. The van der Waals surface area contributed by atoms with E-state index in [9.17, 15) is 0 Å². The normalized spacial score (nSPS) is 10.3. The number of ether oxygens (including phenoxy) is 1. The van der Waals surface area contributed by atoms with Crippen molar-refractivity contribution in [3.63, 3.8) is 0 Å². The van der Waals surface area contributed by atoms with Crippen molar-refractivity contribution in [2.24, 2.45) is 0 Å². The molecular formula is C15H15BrN2OS. The molecule has 0 atom stereocenters. The highest BCUT2D eigenvalue weighted by Gasteiger charge is 2.04. The Morgan fingerprint density at radius 2 is 2.05 bits per heavy atom. The summed E-state index contributed by atoms with van der Waals surface area (Å²) in [6.07, 6.45) is 1.70. The van der Waals surface area contributed by atoms with Crippen molar-refractivity contribution in [2.75, 3.05) is 6.61 Å². The first-order valence-corrected chi connectivity index (χ1v) is 7.92. The Morgan fingerprint density at radius 1 is 1.30 bits per heavy atom. The maximum absolute atomic E-state index is 5.46. The van der Waals surface area contributed by atoms with Crippen LogP contribution >= 0.6 is 27.7 Å². The Balaban J connectivity index is 2.03. The van der Waals surface area contributed by atoms with Crippen LogP contribution in [0.15, 0.2) is 52.6 Å². The Labute approximate surface area is 131 Å². The number of aryl methyl sites for hydroxylation is 1. The van der Waals surface area contributed by atoms with Gasteiger partial charge in [-0.15, -0.1) is 0 Å². The lowest BCUT2D eigenvalue weighted by Crippen LogP contribution is -1.99. The minimum Gasteiger partial charge on any atom is -0.473 e. The van der Waals surface area contributed by atoms with Crippen molar-refractivity contribution in [3.8, 4) is 5.88 Å². The minimum atomic E-state index is 0.452. The Hall–Kier alpha value is -1.33. The molecular weight excluding hydrogens is 336 g/mol. The van der Waals surface area contributed by atoms with E-state index in [1.165, 1.54) is 5.56 Å². The second-order valence-corrected chi connectivity index (χ2v) is 6.00.